The van der Waals surface area contributed by atoms with E-state index >= 15 is 0 Å². The number of nitrogens with two attached hydrogens (primary N) is 1. The largest absolute Gasteiger partial charge is 0.398 e. The summed E-state index contributed by atoms with van der Waals surface area (Å²) in [5, 5.41) is 0. The first kappa shape index (κ1) is 19.2. The third kappa shape index (κ3) is 6.05. The van der Waals surface area contributed by atoms with Gasteiger partial charge in [0, 0.05) is 17.0 Å². The molecule has 0 bridgehead atoms. The Labute approximate surface area is 142 Å². The molecular formula is C21H32N2. The summed E-state index contributed by atoms with van der Waals surface area (Å²) in [6, 6.07) is 4.17. The summed E-state index contributed by atoms with van der Waals surface area (Å²) in [7, 11) is 0. The van der Waals surface area contributed by atoms with Crippen LogP contribution in [0.5, 0.6) is 0 Å². The number of rotatable bonds is 8. The number of allylic oxidation sites excluding steroid dienone is 5. The molecule has 0 saturated heterocycles. The molecule has 0 fully saturated rings. The minimum Gasteiger partial charge on any atom is -0.398 e. The SMILES string of the molecule is C/C=C\C=C(/C)c1ccc(/C(N)=C(\C)CCCCCC)c(C)n1. The molecule has 0 unspecified atom stereocenters. The maximum absolute atomic E-state index is 6.37. The van der Waals surface area contributed by atoms with Crippen LogP contribution in [0.25, 0.3) is 11.3 Å². The van der Waals surface area contributed by atoms with Gasteiger partial charge in [-0.3, -0.25) is 4.98 Å². The minimum atomic E-state index is 0.896. The van der Waals surface area contributed by atoms with Crippen LogP contribution in [0.4, 0.5) is 0 Å². The van der Waals surface area contributed by atoms with E-state index in [0.29, 0.717) is 0 Å². The molecule has 0 spiro atoms. The second-order valence-corrected chi connectivity index (χ2v) is 6.21. The molecule has 2 heteroatoms. The highest BCUT2D eigenvalue weighted by Gasteiger charge is 2.08. The van der Waals surface area contributed by atoms with E-state index in [4.69, 9.17) is 10.7 Å². The molecule has 0 aliphatic rings. The van der Waals surface area contributed by atoms with E-state index in [-0.39, 0.29) is 0 Å². The highest BCUT2D eigenvalue weighted by molar-refractivity contribution is 5.69. The fraction of sp³-hybridized carbons (Fsp3) is 0.476. The van der Waals surface area contributed by atoms with Gasteiger partial charge < -0.3 is 5.73 Å². The normalized spacial score (nSPS) is 13.5. The van der Waals surface area contributed by atoms with Crippen LogP contribution in [0.3, 0.4) is 0 Å². The fourth-order valence-electron chi connectivity index (χ4n) is 2.57. The van der Waals surface area contributed by atoms with Crippen LogP contribution in [0.15, 0.2) is 35.9 Å². The van der Waals surface area contributed by atoms with E-state index in [0.717, 1.165) is 34.6 Å². The van der Waals surface area contributed by atoms with Crippen LogP contribution in [0, 0.1) is 6.92 Å². The Balaban J connectivity index is 2.92. The second kappa shape index (κ2) is 10.0. The molecule has 1 rings (SSSR count). The number of hydrogen-bond acceptors (Lipinski definition) is 2. The van der Waals surface area contributed by atoms with Crippen molar-refractivity contribution in [3.63, 3.8) is 0 Å². The number of aromatic nitrogens is 1. The molecule has 2 N–H and O–H groups in total. The summed E-state index contributed by atoms with van der Waals surface area (Å²) < 4.78 is 0. The number of hydrogen-bond donors (Lipinski definition) is 1. The Bertz CT molecular complexity index is 592. The van der Waals surface area contributed by atoms with Gasteiger partial charge in [-0.25, -0.2) is 0 Å². The minimum absolute atomic E-state index is 0.896. The van der Waals surface area contributed by atoms with Crippen LogP contribution < -0.4 is 5.73 Å². The van der Waals surface area contributed by atoms with Crippen molar-refractivity contribution >= 4 is 11.3 Å². The number of pyridine rings is 1. The summed E-state index contributed by atoms with van der Waals surface area (Å²) in [4.78, 5) is 4.72. The average molecular weight is 313 g/mol. The predicted molar refractivity (Wildman–Crippen MR) is 103 cm³/mol. The molecule has 126 valence electrons. The zero-order valence-electron chi connectivity index (χ0n) is 15.4. The van der Waals surface area contributed by atoms with Crippen LogP contribution in [-0.4, -0.2) is 4.98 Å². The molecule has 1 heterocycles. The van der Waals surface area contributed by atoms with E-state index < -0.39 is 0 Å². The lowest BCUT2D eigenvalue weighted by atomic mass is 10.0. The third-order valence-electron chi connectivity index (χ3n) is 4.18. The van der Waals surface area contributed by atoms with Crippen molar-refractivity contribution in [2.75, 3.05) is 0 Å². The van der Waals surface area contributed by atoms with E-state index in [1.165, 1.54) is 31.3 Å². The van der Waals surface area contributed by atoms with E-state index in [1.807, 2.05) is 26.0 Å². The Morgan fingerprint density at radius 1 is 1.17 bits per heavy atom. The summed E-state index contributed by atoms with van der Waals surface area (Å²) in [6.45, 7) is 10.5. The van der Waals surface area contributed by atoms with Crippen molar-refractivity contribution in [2.45, 2.75) is 66.7 Å². The van der Waals surface area contributed by atoms with Gasteiger partial charge in [-0.05, 0) is 63.8 Å². The molecule has 0 aromatic carbocycles. The van der Waals surface area contributed by atoms with E-state index in [9.17, 15) is 0 Å². The monoisotopic (exact) mass is 312 g/mol. The van der Waals surface area contributed by atoms with Gasteiger partial charge in [0.2, 0.25) is 0 Å². The van der Waals surface area contributed by atoms with Crippen LogP contribution in [0.2, 0.25) is 0 Å². The molecule has 0 saturated carbocycles. The number of unbranched alkanes of at least 4 members (excludes halogenated alkanes) is 3. The van der Waals surface area contributed by atoms with Gasteiger partial charge in [0.25, 0.3) is 0 Å². The molecule has 0 aliphatic carbocycles. The average Bonchev–Trinajstić information content (AvgIpc) is 2.55. The zero-order valence-corrected chi connectivity index (χ0v) is 15.4. The highest BCUT2D eigenvalue weighted by Crippen LogP contribution is 2.22. The molecule has 2 nitrogen and oxygen atoms in total. The standard InChI is InChI=1S/C21H32N2/c1-6-8-10-11-13-17(4)21(22)19-14-15-20(23-18(19)5)16(3)12-9-7-2/h7,9,12,14-15H,6,8,10-11,13,22H2,1-5H3/b9-7-,16-12+,21-17-. The summed E-state index contributed by atoms with van der Waals surface area (Å²) in [5.41, 5.74) is 12.8. The smallest absolute Gasteiger partial charge is 0.0662 e. The van der Waals surface area contributed by atoms with Crippen molar-refractivity contribution in [3.05, 3.63) is 52.9 Å². The van der Waals surface area contributed by atoms with Gasteiger partial charge >= 0.3 is 0 Å². The lowest BCUT2D eigenvalue weighted by Gasteiger charge is -2.12. The number of aryl methyl sites for hydroxylation is 1. The van der Waals surface area contributed by atoms with E-state index in [2.05, 4.69) is 39.0 Å². The topological polar surface area (TPSA) is 38.9 Å². The van der Waals surface area contributed by atoms with Gasteiger partial charge in [-0.2, -0.15) is 0 Å². The molecule has 0 amide bonds. The Kier molecular flexibility index (Phi) is 8.39. The van der Waals surface area contributed by atoms with Crippen LogP contribution >= 0.6 is 0 Å². The van der Waals surface area contributed by atoms with Gasteiger partial charge in [-0.15, -0.1) is 0 Å². The highest BCUT2D eigenvalue weighted by atomic mass is 14.7. The molecular weight excluding hydrogens is 280 g/mol. The maximum atomic E-state index is 6.37. The third-order valence-corrected chi connectivity index (χ3v) is 4.18. The Hall–Kier alpha value is -1.83. The number of nitrogens with zero attached hydrogens (tertiary/aromatic N) is 1. The van der Waals surface area contributed by atoms with Crippen molar-refractivity contribution in [1.29, 1.82) is 0 Å². The van der Waals surface area contributed by atoms with Gasteiger partial charge in [0.1, 0.15) is 0 Å². The summed E-state index contributed by atoms with van der Waals surface area (Å²) >= 11 is 0. The predicted octanol–water partition coefficient (Wildman–Crippen LogP) is 6.03. The lowest BCUT2D eigenvalue weighted by Crippen LogP contribution is -2.05. The molecule has 1 aromatic heterocycles. The molecule has 1 aromatic rings. The Morgan fingerprint density at radius 2 is 1.91 bits per heavy atom. The van der Waals surface area contributed by atoms with Gasteiger partial charge in [0.15, 0.2) is 0 Å². The molecule has 0 radical (unpaired) electrons. The molecule has 23 heavy (non-hydrogen) atoms. The Morgan fingerprint density at radius 3 is 2.52 bits per heavy atom. The fourth-order valence-corrected chi connectivity index (χ4v) is 2.57. The van der Waals surface area contributed by atoms with Crippen LogP contribution in [0.1, 0.15) is 76.8 Å². The maximum Gasteiger partial charge on any atom is 0.0662 e. The van der Waals surface area contributed by atoms with Gasteiger partial charge in [0.05, 0.1) is 5.69 Å². The van der Waals surface area contributed by atoms with Crippen molar-refractivity contribution in [2.24, 2.45) is 5.73 Å². The molecule has 0 aliphatic heterocycles. The second-order valence-electron chi connectivity index (χ2n) is 6.21. The van der Waals surface area contributed by atoms with Crippen LogP contribution in [-0.2, 0) is 0 Å². The summed E-state index contributed by atoms with van der Waals surface area (Å²) in [6.07, 6.45) is 12.3. The van der Waals surface area contributed by atoms with E-state index in [1.54, 1.807) is 0 Å². The quantitative estimate of drug-likeness (QED) is 0.470. The van der Waals surface area contributed by atoms with Gasteiger partial charge in [-0.1, -0.05) is 44.4 Å². The van der Waals surface area contributed by atoms with Crippen molar-refractivity contribution < 1.29 is 0 Å². The zero-order chi connectivity index (χ0) is 17.2. The van der Waals surface area contributed by atoms with Crippen molar-refractivity contribution in [3.8, 4) is 0 Å². The first-order valence-corrected chi connectivity index (χ1v) is 8.74. The first-order valence-electron chi connectivity index (χ1n) is 8.74. The summed E-state index contributed by atoms with van der Waals surface area (Å²) in [5.74, 6) is 0. The van der Waals surface area contributed by atoms with Crippen molar-refractivity contribution in [1.82, 2.24) is 4.98 Å². The first-order chi connectivity index (χ1) is 11.0. The lowest BCUT2D eigenvalue weighted by molar-refractivity contribution is 0.664. The molecule has 0 atom stereocenters.